The molecule has 1 atom stereocenters. The maximum atomic E-state index is 11.8. The summed E-state index contributed by atoms with van der Waals surface area (Å²) in [5, 5.41) is 8.31. The fourth-order valence-corrected chi connectivity index (χ4v) is 5.08. The number of aryl methyl sites for hydroxylation is 1. The summed E-state index contributed by atoms with van der Waals surface area (Å²) >= 11 is 5.41. The van der Waals surface area contributed by atoms with Crippen molar-refractivity contribution in [2.75, 3.05) is 32.2 Å². The van der Waals surface area contributed by atoms with E-state index in [1.165, 1.54) is 7.11 Å². The Bertz CT molecular complexity index is 804. The smallest absolute Gasteiger partial charge is 0.305 e. The van der Waals surface area contributed by atoms with Crippen LogP contribution in [-0.2, 0) is 25.9 Å². The van der Waals surface area contributed by atoms with Gasteiger partial charge in [-0.15, -0.1) is 0 Å². The predicted octanol–water partition coefficient (Wildman–Crippen LogP) is 1.12. The Balaban J connectivity index is 1.94. The molecule has 0 unspecified atom stereocenters. The number of hydrogen-bond donors (Lipinski definition) is 1. The van der Waals surface area contributed by atoms with E-state index in [1.54, 1.807) is 0 Å². The number of thiocarbonyl (C=S) groups is 1. The van der Waals surface area contributed by atoms with Crippen LogP contribution in [-0.4, -0.2) is 66.4 Å². The molecule has 8 nitrogen and oxygen atoms in total. The highest BCUT2D eigenvalue weighted by molar-refractivity contribution is 7.91. The summed E-state index contributed by atoms with van der Waals surface area (Å²) in [4.78, 5) is 13.0. The molecule has 1 aliphatic rings. The standard InChI is InChI=1S/C17H28N4O4S2/c1-12-15(10-20(3)17(26)18-8-5-6-16(22)25-4)13(2)21(19-12)14-7-9-27(23,24)11-14/h14H,5-11H2,1-4H3,(H,18,26)/t14-/m1/s1. The molecule has 1 aromatic heterocycles. The third-order valence-corrected chi connectivity index (χ3v) is 7.04. The van der Waals surface area contributed by atoms with Gasteiger partial charge in [0, 0.05) is 37.8 Å². The second-order valence-electron chi connectivity index (χ2n) is 6.92. The Morgan fingerprint density at radius 2 is 2.15 bits per heavy atom. The highest BCUT2D eigenvalue weighted by Gasteiger charge is 2.31. The zero-order chi connectivity index (χ0) is 20.2. The van der Waals surface area contributed by atoms with E-state index >= 15 is 0 Å². The number of ether oxygens (including phenoxy) is 1. The van der Waals surface area contributed by atoms with Crippen LogP contribution in [0.3, 0.4) is 0 Å². The number of nitrogens with one attached hydrogen (secondary N) is 1. The molecule has 152 valence electrons. The molecule has 27 heavy (non-hydrogen) atoms. The van der Waals surface area contributed by atoms with Gasteiger partial charge in [0.2, 0.25) is 0 Å². The zero-order valence-electron chi connectivity index (χ0n) is 16.3. The van der Waals surface area contributed by atoms with Crippen LogP contribution in [0.1, 0.15) is 42.3 Å². The van der Waals surface area contributed by atoms with Crippen LogP contribution in [0, 0.1) is 13.8 Å². The van der Waals surface area contributed by atoms with Crippen molar-refractivity contribution in [3.63, 3.8) is 0 Å². The van der Waals surface area contributed by atoms with Gasteiger partial charge in [-0.3, -0.25) is 9.48 Å². The highest BCUT2D eigenvalue weighted by Crippen LogP contribution is 2.27. The van der Waals surface area contributed by atoms with Crippen molar-refractivity contribution in [1.82, 2.24) is 20.0 Å². The molecule has 0 aromatic carbocycles. The van der Waals surface area contributed by atoms with Gasteiger partial charge in [-0.2, -0.15) is 5.10 Å². The van der Waals surface area contributed by atoms with Crippen LogP contribution < -0.4 is 5.32 Å². The lowest BCUT2D eigenvalue weighted by atomic mass is 10.2. The quantitative estimate of drug-likeness (QED) is 0.402. The highest BCUT2D eigenvalue weighted by atomic mass is 32.2. The van der Waals surface area contributed by atoms with Gasteiger partial charge in [0.25, 0.3) is 0 Å². The maximum Gasteiger partial charge on any atom is 0.305 e. The van der Waals surface area contributed by atoms with Crippen LogP contribution in [0.5, 0.6) is 0 Å². The van der Waals surface area contributed by atoms with Crippen LogP contribution in [0.2, 0.25) is 0 Å². The molecule has 0 amide bonds. The average molecular weight is 417 g/mol. The van der Waals surface area contributed by atoms with E-state index < -0.39 is 9.84 Å². The van der Waals surface area contributed by atoms with Gasteiger partial charge in [-0.25, -0.2) is 8.42 Å². The number of carbonyl (C=O) groups is 1. The summed E-state index contributed by atoms with van der Waals surface area (Å²) in [5.74, 6) is 0.151. The van der Waals surface area contributed by atoms with E-state index in [0.29, 0.717) is 37.5 Å². The minimum Gasteiger partial charge on any atom is -0.469 e. The van der Waals surface area contributed by atoms with E-state index in [9.17, 15) is 13.2 Å². The lowest BCUT2D eigenvalue weighted by molar-refractivity contribution is -0.140. The molecule has 1 fully saturated rings. The molecule has 1 aromatic rings. The molecule has 2 heterocycles. The van der Waals surface area contributed by atoms with E-state index in [4.69, 9.17) is 12.2 Å². The van der Waals surface area contributed by atoms with Gasteiger partial charge >= 0.3 is 5.97 Å². The molecule has 0 aliphatic carbocycles. The third-order valence-electron chi connectivity index (χ3n) is 4.83. The first-order chi connectivity index (χ1) is 12.6. The number of nitrogens with zero attached hydrogens (tertiary/aromatic N) is 3. The van der Waals surface area contributed by atoms with E-state index in [0.717, 1.165) is 17.0 Å². The molecule has 1 N–H and O–H groups in total. The third kappa shape index (κ3) is 5.65. The summed E-state index contributed by atoms with van der Waals surface area (Å²) in [6.45, 7) is 5.08. The van der Waals surface area contributed by atoms with Crippen molar-refractivity contribution in [1.29, 1.82) is 0 Å². The maximum absolute atomic E-state index is 11.8. The topological polar surface area (TPSA) is 93.5 Å². The fraction of sp³-hybridized carbons (Fsp3) is 0.706. The van der Waals surface area contributed by atoms with Gasteiger partial charge in [0.15, 0.2) is 14.9 Å². The number of esters is 1. The van der Waals surface area contributed by atoms with Crippen LogP contribution in [0.25, 0.3) is 0 Å². The average Bonchev–Trinajstić information content (AvgIpc) is 3.11. The van der Waals surface area contributed by atoms with E-state index in [2.05, 4.69) is 15.2 Å². The Morgan fingerprint density at radius 1 is 1.44 bits per heavy atom. The number of aromatic nitrogens is 2. The van der Waals surface area contributed by atoms with Gasteiger partial charge < -0.3 is 15.0 Å². The number of methoxy groups -OCH3 is 1. The van der Waals surface area contributed by atoms with E-state index in [-0.39, 0.29) is 23.5 Å². The molecular formula is C17H28N4O4S2. The molecule has 0 bridgehead atoms. The minimum atomic E-state index is -2.96. The fourth-order valence-electron chi connectivity index (χ4n) is 3.22. The normalized spacial score (nSPS) is 18.3. The molecule has 1 aliphatic heterocycles. The summed E-state index contributed by atoms with van der Waals surface area (Å²) in [5.41, 5.74) is 2.92. The van der Waals surface area contributed by atoms with E-state index in [1.807, 2.05) is 30.5 Å². The SMILES string of the molecule is COC(=O)CCCNC(=S)N(C)Cc1c(C)nn([C@@H]2CCS(=O)(=O)C2)c1C. The second-order valence-corrected chi connectivity index (χ2v) is 9.53. The monoisotopic (exact) mass is 416 g/mol. The van der Waals surface area contributed by atoms with Gasteiger partial charge in [0.05, 0.1) is 30.4 Å². The van der Waals surface area contributed by atoms with Gasteiger partial charge in [0.1, 0.15) is 0 Å². The first kappa shape index (κ1) is 21.6. The Morgan fingerprint density at radius 3 is 2.74 bits per heavy atom. The van der Waals surface area contributed by atoms with Crippen molar-refractivity contribution < 1.29 is 17.9 Å². The Kier molecular flexibility index (Phi) is 7.21. The van der Waals surface area contributed by atoms with Crippen molar-refractivity contribution >= 4 is 33.1 Å². The van der Waals surface area contributed by atoms with Gasteiger partial charge in [-0.05, 0) is 38.9 Å². The molecule has 0 spiro atoms. The minimum absolute atomic E-state index is 0.0869. The molecule has 0 radical (unpaired) electrons. The molecule has 0 saturated carbocycles. The van der Waals surface area contributed by atoms with Gasteiger partial charge in [-0.1, -0.05) is 0 Å². The number of hydrogen-bond acceptors (Lipinski definition) is 6. The number of sulfone groups is 1. The summed E-state index contributed by atoms with van der Waals surface area (Å²) < 4.78 is 30.0. The molecule has 1 saturated heterocycles. The lowest BCUT2D eigenvalue weighted by Gasteiger charge is -2.21. The molecular weight excluding hydrogens is 388 g/mol. The van der Waals surface area contributed by atoms with Crippen LogP contribution in [0.15, 0.2) is 0 Å². The number of rotatable bonds is 7. The van der Waals surface area contributed by atoms with Crippen LogP contribution in [0.4, 0.5) is 0 Å². The van der Waals surface area contributed by atoms with Crippen molar-refractivity contribution in [2.24, 2.45) is 0 Å². The second kappa shape index (κ2) is 9.01. The molecule has 2 rings (SSSR count). The number of carbonyl (C=O) groups excluding carboxylic acids is 1. The van der Waals surface area contributed by atoms with Crippen molar-refractivity contribution in [2.45, 2.75) is 45.7 Å². The summed E-state index contributed by atoms with van der Waals surface area (Å²) in [7, 11) is 0.313. The first-order valence-corrected chi connectivity index (χ1v) is 11.2. The lowest BCUT2D eigenvalue weighted by Crippen LogP contribution is -2.37. The predicted molar refractivity (Wildman–Crippen MR) is 107 cm³/mol. The largest absolute Gasteiger partial charge is 0.469 e. The van der Waals surface area contributed by atoms with Crippen molar-refractivity contribution in [3.8, 4) is 0 Å². The Labute approximate surface area is 166 Å². The first-order valence-electron chi connectivity index (χ1n) is 8.95. The van der Waals surface area contributed by atoms with Crippen molar-refractivity contribution in [3.05, 3.63) is 17.0 Å². The zero-order valence-corrected chi connectivity index (χ0v) is 18.0. The summed E-state index contributed by atoms with van der Waals surface area (Å²) in [6, 6.07) is -0.0869. The molecule has 10 heteroatoms. The summed E-state index contributed by atoms with van der Waals surface area (Å²) in [6.07, 6.45) is 1.61. The Hall–Kier alpha value is -1.68. The van der Waals surface area contributed by atoms with Crippen LogP contribution >= 0.6 is 12.2 Å².